The summed E-state index contributed by atoms with van der Waals surface area (Å²) in [5, 5.41) is 5.97. The van der Waals surface area contributed by atoms with Crippen LogP contribution in [0.25, 0.3) is 0 Å². The second-order valence-electron chi connectivity index (χ2n) is 4.42. The molecule has 98 valence electrons. The number of nitrogens with one attached hydrogen (secondary N) is 2. The number of carbonyl (C=O) groups is 1. The van der Waals surface area contributed by atoms with Crippen LogP contribution in [0.4, 0.5) is 11.5 Å². The number of amides is 1. The van der Waals surface area contributed by atoms with Crippen LogP contribution in [0.2, 0.25) is 0 Å². The highest BCUT2D eigenvalue weighted by Gasteiger charge is 2.05. The summed E-state index contributed by atoms with van der Waals surface area (Å²) in [5.74, 6) is 0.616. The van der Waals surface area contributed by atoms with Gasteiger partial charge in [-0.25, -0.2) is 4.98 Å². The Morgan fingerprint density at radius 1 is 1.16 bits per heavy atom. The van der Waals surface area contributed by atoms with E-state index in [0.717, 1.165) is 5.82 Å². The van der Waals surface area contributed by atoms with Crippen molar-refractivity contribution < 1.29 is 4.79 Å². The fraction of sp³-hybridized carbons (Fsp3) is 0.214. The molecule has 2 rings (SSSR count). The summed E-state index contributed by atoms with van der Waals surface area (Å²) in [6.07, 6.45) is 4.80. The molecule has 2 aromatic rings. The number of pyridine rings is 2. The molecule has 2 heterocycles. The van der Waals surface area contributed by atoms with Crippen molar-refractivity contribution in [3.05, 3.63) is 48.4 Å². The van der Waals surface area contributed by atoms with Gasteiger partial charge in [-0.05, 0) is 38.1 Å². The first kappa shape index (κ1) is 13.0. The Balaban J connectivity index is 2.02. The Morgan fingerprint density at radius 2 is 1.89 bits per heavy atom. The third-order valence-electron chi connectivity index (χ3n) is 2.40. The number of aromatic nitrogens is 2. The van der Waals surface area contributed by atoms with Gasteiger partial charge in [-0.1, -0.05) is 0 Å². The lowest BCUT2D eigenvalue weighted by Crippen LogP contribution is -2.13. The molecule has 1 amide bonds. The van der Waals surface area contributed by atoms with E-state index in [1.165, 1.54) is 0 Å². The summed E-state index contributed by atoms with van der Waals surface area (Å²) in [4.78, 5) is 20.0. The minimum Gasteiger partial charge on any atom is -0.368 e. The van der Waals surface area contributed by atoms with Gasteiger partial charge >= 0.3 is 0 Å². The molecule has 5 nitrogen and oxygen atoms in total. The van der Waals surface area contributed by atoms with Crippen molar-refractivity contribution in [2.24, 2.45) is 0 Å². The summed E-state index contributed by atoms with van der Waals surface area (Å²) in [6, 6.07) is 7.30. The van der Waals surface area contributed by atoms with Crippen LogP contribution in [0, 0.1) is 0 Å². The molecule has 2 aromatic heterocycles. The highest BCUT2D eigenvalue weighted by atomic mass is 16.1. The average Bonchev–Trinajstić information content (AvgIpc) is 2.41. The van der Waals surface area contributed by atoms with Gasteiger partial charge in [0.2, 0.25) is 0 Å². The maximum absolute atomic E-state index is 11.9. The van der Waals surface area contributed by atoms with Gasteiger partial charge in [0.1, 0.15) is 5.82 Å². The summed E-state index contributed by atoms with van der Waals surface area (Å²) in [5.41, 5.74) is 1.23. The smallest absolute Gasteiger partial charge is 0.255 e. The van der Waals surface area contributed by atoms with Gasteiger partial charge < -0.3 is 10.6 Å². The number of hydrogen-bond donors (Lipinski definition) is 2. The van der Waals surface area contributed by atoms with Crippen LogP contribution in [0.1, 0.15) is 24.2 Å². The molecular weight excluding hydrogens is 240 g/mol. The van der Waals surface area contributed by atoms with E-state index in [1.807, 2.05) is 26.0 Å². The Kier molecular flexibility index (Phi) is 4.07. The molecule has 19 heavy (non-hydrogen) atoms. The first-order valence-corrected chi connectivity index (χ1v) is 6.09. The molecule has 0 saturated carbocycles. The van der Waals surface area contributed by atoms with E-state index in [9.17, 15) is 4.79 Å². The molecule has 0 bridgehead atoms. The third kappa shape index (κ3) is 3.77. The first-order chi connectivity index (χ1) is 9.15. The molecule has 0 aliphatic rings. The van der Waals surface area contributed by atoms with Crippen molar-refractivity contribution in [1.29, 1.82) is 0 Å². The number of nitrogens with zero attached hydrogens (tertiary/aromatic N) is 2. The standard InChI is InChI=1S/C14H16N4O/c1-10(2)17-13-4-3-12(9-16-13)18-14(19)11-5-7-15-8-6-11/h3-10H,1-2H3,(H,16,17)(H,18,19). The number of hydrogen-bond acceptors (Lipinski definition) is 4. The van der Waals surface area contributed by atoms with Crippen molar-refractivity contribution in [3.8, 4) is 0 Å². The second-order valence-corrected chi connectivity index (χ2v) is 4.42. The monoisotopic (exact) mass is 256 g/mol. The second kappa shape index (κ2) is 5.95. The summed E-state index contributed by atoms with van der Waals surface area (Å²) >= 11 is 0. The van der Waals surface area contributed by atoms with Crippen molar-refractivity contribution in [1.82, 2.24) is 9.97 Å². The number of anilines is 2. The van der Waals surface area contributed by atoms with Gasteiger partial charge in [-0.15, -0.1) is 0 Å². The predicted molar refractivity (Wildman–Crippen MR) is 75.2 cm³/mol. The summed E-state index contributed by atoms with van der Waals surface area (Å²) in [6.45, 7) is 4.08. The third-order valence-corrected chi connectivity index (χ3v) is 2.40. The van der Waals surface area contributed by atoms with Gasteiger partial charge in [0.15, 0.2) is 0 Å². The zero-order valence-electron chi connectivity index (χ0n) is 10.9. The fourth-order valence-corrected chi connectivity index (χ4v) is 1.56. The number of rotatable bonds is 4. The Morgan fingerprint density at radius 3 is 2.47 bits per heavy atom. The lowest BCUT2D eigenvalue weighted by atomic mass is 10.2. The van der Waals surface area contributed by atoms with Crippen LogP contribution in [-0.4, -0.2) is 21.9 Å². The van der Waals surface area contributed by atoms with E-state index in [4.69, 9.17) is 0 Å². The van der Waals surface area contributed by atoms with Crippen molar-refractivity contribution in [2.75, 3.05) is 10.6 Å². The first-order valence-electron chi connectivity index (χ1n) is 6.09. The average molecular weight is 256 g/mol. The lowest BCUT2D eigenvalue weighted by Gasteiger charge is -2.09. The van der Waals surface area contributed by atoms with E-state index < -0.39 is 0 Å². The van der Waals surface area contributed by atoms with Gasteiger partial charge in [0.25, 0.3) is 5.91 Å². The van der Waals surface area contributed by atoms with Crippen molar-refractivity contribution in [2.45, 2.75) is 19.9 Å². The topological polar surface area (TPSA) is 66.9 Å². The molecule has 0 fully saturated rings. The van der Waals surface area contributed by atoms with E-state index >= 15 is 0 Å². The van der Waals surface area contributed by atoms with Gasteiger partial charge in [-0.2, -0.15) is 0 Å². The van der Waals surface area contributed by atoms with E-state index in [-0.39, 0.29) is 5.91 Å². The Labute approximate surface area is 112 Å². The maximum atomic E-state index is 11.9. The molecule has 0 aliphatic carbocycles. The van der Waals surface area contributed by atoms with Crippen LogP contribution in [0.15, 0.2) is 42.9 Å². The highest BCUT2D eigenvalue weighted by Crippen LogP contribution is 2.11. The van der Waals surface area contributed by atoms with Gasteiger partial charge in [-0.3, -0.25) is 9.78 Å². The molecular formula is C14H16N4O. The molecule has 0 aliphatic heterocycles. The minimum atomic E-state index is -0.172. The van der Waals surface area contributed by atoms with E-state index in [1.54, 1.807) is 30.7 Å². The van der Waals surface area contributed by atoms with Crippen molar-refractivity contribution >= 4 is 17.4 Å². The maximum Gasteiger partial charge on any atom is 0.255 e. The molecule has 0 unspecified atom stereocenters. The van der Waals surface area contributed by atoms with Gasteiger partial charge in [0, 0.05) is 24.0 Å². The minimum absolute atomic E-state index is 0.172. The molecule has 2 N–H and O–H groups in total. The summed E-state index contributed by atoms with van der Waals surface area (Å²) in [7, 11) is 0. The predicted octanol–water partition coefficient (Wildman–Crippen LogP) is 2.55. The quantitative estimate of drug-likeness (QED) is 0.882. The molecule has 0 radical (unpaired) electrons. The molecule has 0 spiro atoms. The van der Waals surface area contributed by atoms with E-state index in [2.05, 4.69) is 20.6 Å². The summed E-state index contributed by atoms with van der Waals surface area (Å²) < 4.78 is 0. The molecule has 0 aromatic carbocycles. The Bertz CT molecular complexity index is 537. The molecule has 0 saturated heterocycles. The zero-order chi connectivity index (χ0) is 13.7. The van der Waals surface area contributed by atoms with Crippen LogP contribution >= 0.6 is 0 Å². The largest absolute Gasteiger partial charge is 0.368 e. The lowest BCUT2D eigenvalue weighted by molar-refractivity contribution is 0.102. The normalized spacial score (nSPS) is 10.3. The van der Waals surface area contributed by atoms with Crippen LogP contribution in [0.3, 0.4) is 0 Å². The fourth-order valence-electron chi connectivity index (χ4n) is 1.56. The van der Waals surface area contributed by atoms with Gasteiger partial charge in [0.05, 0.1) is 11.9 Å². The Hall–Kier alpha value is -2.43. The molecule has 0 atom stereocenters. The van der Waals surface area contributed by atoms with Crippen LogP contribution < -0.4 is 10.6 Å². The SMILES string of the molecule is CC(C)Nc1ccc(NC(=O)c2ccncc2)cn1. The van der Waals surface area contributed by atoms with Crippen molar-refractivity contribution in [3.63, 3.8) is 0 Å². The van der Waals surface area contributed by atoms with Crippen LogP contribution in [-0.2, 0) is 0 Å². The molecule has 5 heteroatoms. The zero-order valence-corrected chi connectivity index (χ0v) is 10.9. The van der Waals surface area contributed by atoms with Crippen LogP contribution in [0.5, 0.6) is 0 Å². The highest BCUT2D eigenvalue weighted by molar-refractivity contribution is 6.04. The number of carbonyl (C=O) groups excluding carboxylic acids is 1. The van der Waals surface area contributed by atoms with E-state index in [0.29, 0.717) is 17.3 Å².